The maximum atomic E-state index is 12.1. The summed E-state index contributed by atoms with van der Waals surface area (Å²) in [6.07, 6.45) is 3.23. The Morgan fingerprint density at radius 2 is 1.74 bits per heavy atom. The Morgan fingerprint density at radius 1 is 1.04 bits per heavy atom. The minimum absolute atomic E-state index is 0.118. The number of primary amides is 1. The SMILES string of the molecule is NC(=O)c1ccc(C(=O)NCCC2CCc3ccccc32)cc1. The molecule has 3 rings (SSSR count). The minimum Gasteiger partial charge on any atom is -0.366 e. The van der Waals surface area contributed by atoms with E-state index in [1.807, 2.05) is 0 Å². The highest BCUT2D eigenvalue weighted by Crippen LogP contribution is 2.34. The van der Waals surface area contributed by atoms with Crippen LogP contribution in [0.25, 0.3) is 0 Å². The molecule has 0 aliphatic heterocycles. The summed E-state index contributed by atoms with van der Waals surface area (Å²) >= 11 is 0. The smallest absolute Gasteiger partial charge is 0.251 e. The topological polar surface area (TPSA) is 72.2 Å². The fourth-order valence-electron chi connectivity index (χ4n) is 3.19. The summed E-state index contributed by atoms with van der Waals surface area (Å²) < 4.78 is 0. The molecular weight excluding hydrogens is 288 g/mol. The molecule has 118 valence electrons. The van der Waals surface area contributed by atoms with E-state index in [1.165, 1.54) is 11.1 Å². The second-order valence-electron chi connectivity index (χ2n) is 5.92. The molecule has 2 amide bonds. The van der Waals surface area contributed by atoms with Crippen molar-refractivity contribution in [3.8, 4) is 0 Å². The van der Waals surface area contributed by atoms with E-state index in [9.17, 15) is 9.59 Å². The van der Waals surface area contributed by atoms with E-state index in [1.54, 1.807) is 24.3 Å². The number of nitrogens with one attached hydrogen (secondary N) is 1. The van der Waals surface area contributed by atoms with Crippen LogP contribution in [-0.4, -0.2) is 18.4 Å². The molecule has 1 atom stereocenters. The number of nitrogens with two attached hydrogens (primary N) is 1. The van der Waals surface area contributed by atoms with Gasteiger partial charge in [-0.15, -0.1) is 0 Å². The van der Waals surface area contributed by atoms with Crippen LogP contribution >= 0.6 is 0 Å². The van der Waals surface area contributed by atoms with Crippen molar-refractivity contribution in [2.75, 3.05) is 6.54 Å². The lowest BCUT2D eigenvalue weighted by molar-refractivity contribution is 0.0949. The van der Waals surface area contributed by atoms with Crippen LogP contribution in [0.15, 0.2) is 48.5 Å². The molecule has 1 unspecified atom stereocenters. The third-order valence-electron chi connectivity index (χ3n) is 4.47. The summed E-state index contributed by atoms with van der Waals surface area (Å²) in [5.74, 6) is -0.0760. The highest BCUT2D eigenvalue weighted by Gasteiger charge is 2.21. The maximum Gasteiger partial charge on any atom is 0.251 e. The van der Waals surface area contributed by atoms with Gasteiger partial charge in [0.25, 0.3) is 5.91 Å². The predicted octanol–water partition coefficient (Wildman–Crippen LogP) is 2.64. The van der Waals surface area contributed by atoms with E-state index >= 15 is 0 Å². The number of fused-ring (bicyclic) bond motifs is 1. The summed E-state index contributed by atoms with van der Waals surface area (Å²) in [5.41, 5.74) is 9.00. The lowest BCUT2D eigenvalue weighted by atomic mass is 9.98. The third kappa shape index (κ3) is 3.42. The Hall–Kier alpha value is -2.62. The lowest BCUT2D eigenvalue weighted by Crippen LogP contribution is -2.25. The molecule has 4 nitrogen and oxygen atoms in total. The lowest BCUT2D eigenvalue weighted by Gasteiger charge is -2.12. The number of carbonyl (C=O) groups is 2. The predicted molar refractivity (Wildman–Crippen MR) is 89.4 cm³/mol. The molecule has 0 saturated heterocycles. The van der Waals surface area contributed by atoms with Crippen molar-refractivity contribution < 1.29 is 9.59 Å². The zero-order valence-corrected chi connectivity index (χ0v) is 12.9. The van der Waals surface area contributed by atoms with Crippen molar-refractivity contribution in [1.29, 1.82) is 0 Å². The van der Waals surface area contributed by atoms with Crippen molar-refractivity contribution in [2.45, 2.75) is 25.2 Å². The molecule has 0 saturated carbocycles. The Labute approximate surface area is 135 Å². The van der Waals surface area contributed by atoms with Gasteiger partial charge in [-0.1, -0.05) is 24.3 Å². The van der Waals surface area contributed by atoms with Gasteiger partial charge in [-0.05, 0) is 60.6 Å². The molecule has 2 aromatic carbocycles. The first-order valence-corrected chi connectivity index (χ1v) is 7.91. The van der Waals surface area contributed by atoms with Gasteiger partial charge in [-0.25, -0.2) is 0 Å². The largest absolute Gasteiger partial charge is 0.366 e. The van der Waals surface area contributed by atoms with Gasteiger partial charge < -0.3 is 11.1 Å². The van der Waals surface area contributed by atoms with Crippen LogP contribution in [0, 0.1) is 0 Å². The normalized spacial score (nSPS) is 15.9. The Bertz CT molecular complexity index is 722. The quantitative estimate of drug-likeness (QED) is 0.891. The molecule has 0 heterocycles. The van der Waals surface area contributed by atoms with Gasteiger partial charge in [0.15, 0.2) is 0 Å². The van der Waals surface area contributed by atoms with Gasteiger partial charge >= 0.3 is 0 Å². The van der Waals surface area contributed by atoms with E-state index < -0.39 is 5.91 Å². The number of hydrogen-bond donors (Lipinski definition) is 2. The Morgan fingerprint density at radius 3 is 2.48 bits per heavy atom. The highest BCUT2D eigenvalue weighted by atomic mass is 16.2. The summed E-state index contributed by atoms with van der Waals surface area (Å²) in [4.78, 5) is 23.1. The van der Waals surface area contributed by atoms with Gasteiger partial charge in [0.1, 0.15) is 0 Å². The summed E-state index contributed by atoms with van der Waals surface area (Å²) in [6, 6.07) is 14.9. The van der Waals surface area contributed by atoms with Crippen LogP contribution in [0.5, 0.6) is 0 Å². The van der Waals surface area contributed by atoms with Crippen LogP contribution in [0.3, 0.4) is 0 Å². The van der Waals surface area contributed by atoms with E-state index in [-0.39, 0.29) is 5.91 Å². The zero-order valence-electron chi connectivity index (χ0n) is 12.9. The van der Waals surface area contributed by atoms with Crippen LogP contribution in [0.1, 0.15) is 50.6 Å². The molecule has 0 bridgehead atoms. The number of aryl methyl sites for hydroxylation is 1. The molecule has 1 aliphatic rings. The molecule has 1 aliphatic carbocycles. The van der Waals surface area contributed by atoms with E-state index in [4.69, 9.17) is 5.73 Å². The molecular formula is C19H20N2O2. The van der Waals surface area contributed by atoms with Gasteiger partial charge in [-0.2, -0.15) is 0 Å². The van der Waals surface area contributed by atoms with Crippen LogP contribution in [0.4, 0.5) is 0 Å². The van der Waals surface area contributed by atoms with Crippen molar-refractivity contribution in [3.63, 3.8) is 0 Å². The first-order valence-electron chi connectivity index (χ1n) is 7.91. The standard InChI is InChI=1S/C19H20N2O2/c20-18(22)15-7-9-16(10-8-15)19(23)21-12-11-14-6-5-13-3-1-2-4-17(13)14/h1-4,7-10,14H,5-6,11-12H2,(H2,20,22)(H,21,23). The molecule has 0 fully saturated rings. The molecule has 3 N–H and O–H groups in total. The highest BCUT2D eigenvalue weighted by molar-refractivity contribution is 5.97. The Kier molecular flexibility index (Phi) is 4.42. The summed E-state index contributed by atoms with van der Waals surface area (Å²) in [5, 5.41) is 2.95. The number of carbonyl (C=O) groups excluding carboxylic acids is 2. The molecule has 4 heteroatoms. The fraction of sp³-hybridized carbons (Fsp3) is 0.263. The van der Waals surface area contributed by atoms with E-state index in [0.717, 1.165) is 19.3 Å². The van der Waals surface area contributed by atoms with Gasteiger partial charge in [-0.3, -0.25) is 9.59 Å². The first kappa shape index (κ1) is 15.3. The molecule has 2 aromatic rings. The van der Waals surface area contributed by atoms with Gasteiger partial charge in [0, 0.05) is 17.7 Å². The third-order valence-corrected chi connectivity index (χ3v) is 4.47. The number of benzene rings is 2. The van der Waals surface area contributed by atoms with E-state index in [0.29, 0.717) is 23.6 Å². The molecule has 0 aromatic heterocycles. The molecule has 0 radical (unpaired) electrons. The number of hydrogen-bond acceptors (Lipinski definition) is 2. The maximum absolute atomic E-state index is 12.1. The van der Waals surface area contributed by atoms with Crippen molar-refractivity contribution in [1.82, 2.24) is 5.32 Å². The van der Waals surface area contributed by atoms with Crippen LogP contribution in [-0.2, 0) is 6.42 Å². The van der Waals surface area contributed by atoms with Crippen LogP contribution < -0.4 is 11.1 Å². The molecule has 0 spiro atoms. The van der Waals surface area contributed by atoms with Gasteiger partial charge in [0.2, 0.25) is 5.91 Å². The number of rotatable bonds is 5. The summed E-state index contributed by atoms with van der Waals surface area (Å²) in [6.45, 7) is 0.648. The van der Waals surface area contributed by atoms with E-state index in [2.05, 4.69) is 29.6 Å². The average Bonchev–Trinajstić information content (AvgIpc) is 2.98. The second kappa shape index (κ2) is 6.65. The van der Waals surface area contributed by atoms with Gasteiger partial charge in [0.05, 0.1) is 0 Å². The Balaban J connectivity index is 1.53. The zero-order chi connectivity index (χ0) is 16.2. The first-order chi connectivity index (χ1) is 11.1. The fourth-order valence-corrected chi connectivity index (χ4v) is 3.19. The monoisotopic (exact) mass is 308 g/mol. The minimum atomic E-state index is -0.489. The van der Waals surface area contributed by atoms with Crippen molar-refractivity contribution in [2.24, 2.45) is 5.73 Å². The second-order valence-corrected chi connectivity index (χ2v) is 5.92. The van der Waals surface area contributed by atoms with Crippen molar-refractivity contribution in [3.05, 3.63) is 70.8 Å². The summed E-state index contributed by atoms with van der Waals surface area (Å²) in [7, 11) is 0. The average molecular weight is 308 g/mol. The van der Waals surface area contributed by atoms with Crippen LogP contribution in [0.2, 0.25) is 0 Å². The molecule has 23 heavy (non-hydrogen) atoms. The van der Waals surface area contributed by atoms with Crippen molar-refractivity contribution >= 4 is 11.8 Å². The number of amides is 2.